The smallest absolute Gasteiger partial charge is 0.337 e. The second-order valence-corrected chi connectivity index (χ2v) is 4.15. The summed E-state index contributed by atoms with van der Waals surface area (Å²) in [5.74, 6) is -1.21. The molecule has 98 valence electrons. The number of hydrogen-bond acceptors (Lipinski definition) is 2. The zero-order valence-electron chi connectivity index (χ0n) is 10.3. The van der Waals surface area contributed by atoms with E-state index in [4.69, 9.17) is 5.11 Å². The van der Waals surface area contributed by atoms with Gasteiger partial charge in [-0.1, -0.05) is 24.3 Å². The van der Waals surface area contributed by atoms with Gasteiger partial charge in [0.15, 0.2) is 0 Å². The third-order valence-electron chi connectivity index (χ3n) is 2.80. The minimum Gasteiger partial charge on any atom is -0.478 e. The van der Waals surface area contributed by atoms with Crippen LogP contribution in [0.15, 0.2) is 48.5 Å². The molecule has 0 atom stereocenters. The Hall–Kier alpha value is -2.36. The summed E-state index contributed by atoms with van der Waals surface area (Å²) in [4.78, 5) is 11.0. The van der Waals surface area contributed by atoms with Gasteiger partial charge in [-0.3, -0.25) is 0 Å². The van der Waals surface area contributed by atoms with Crippen LogP contribution in [0.3, 0.4) is 0 Å². The van der Waals surface area contributed by atoms with Crippen LogP contribution in [-0.2, 0) is 6.42 Å². The standard InChI is InChI=1S/C15H14FNO2/c16-12-7-5-11(6-8-12)9-10-17-14-4-2-1-3-13(14)15(18)19/h1-8,17H,9-10H2,(H,18,19). The Balaban J connectivity index is 1.96. The average Bonchev–Trinajstić information content (AvgIpc) is 2.41. The Morgan fingerprint density at radius 1 is 1.11 bits per heavy atom. The van der Waals surface area contributed by atoms with Crippen molar-refractivity contribution in [1.82, 2.24) is 0 Å². The number of halogens is 1. The lowest BCUT2D eigenvalue weighted by Crippen LogP contribution is -2.09. The summed E-state index contributed by atoms with van der Waals surface area (Å²) in [6.07, 6.45) is 0.703. The van der Waals surface area contributed by atoms with Crippen LogP contribution in [0.1, 0.15) is 15.9 Å². The lowest BCUT2D eigenvalue weighted by molar-refractivity contribution is 0.0698. The molecule has 19 heavy (non-hydrogen) atoms. The number of aromatic carboxylic acids is 1. The Kier molecular flexibility index (Phi) is 4.13. The van der Waals surface area contributed by atoms with E-state index in [0.29, 0.717) is 18.7 Å². The zero-order valence-corrected chi connectivity index (χ0v) is 10.3. The summed E-state index contributed by atoms with van der Waals surface area (Å²) in [5.41, 5.74) is 1.85. The SMILES string of the molecule is O=C(O)c1ccccc1NCCc1ccc(F)cc1. The number of para-hydroxylation sites is 1. The lowest BCUT2D eigenvalue weighted by atomic mass is 10.1. The van der Waals surface area contributed by atoms with Gasteiger partial charge in [0.25, 0.3) is 0 Å². The Morgan fingerprint density at radius 2 is 1.79 bits per heavy atom. The van der Waals surface area contributed by atoms with Crippen molar-refractivity contribution >= 4 is 11.7 Å². The van der Waals surface area contributed by atoms with E-state index in [2.05, 4.69) is 5.32 Å². The number of rotatable bonds is 5. The van der Waals surface area contributed by atoms with Crippen LogP contribution in [-0.4, -0.2) is 17.6 Å². The number of carbonyl (C=O) groups is 1. The molecular formula is C15H14FNO2. The van der Waals surface area contributed by atoms with Crippen LogP contribution in [0.5, 0.6) is 0 Å². The van der Waals surface area contributed by atoms with Gasteiger partial charge in [0.05, 0.1) is 5.56 Å². The Labute approximate surface area is 110 Å². The van der Waals surface area contributed by atoms with Crippen LogP contribution in [0.2, 0.25) is 0 Å². The van der Waals surface area contributed by atoms with E-state index in [1.807, 2.05) is 0 Å². The van der Waals surface area contributed by atoms with Gasteiger partial charge in [-0.05, 0) is 36.2 Å². The molecule has 0 saturated heterocycles. The molecule has 0 unspecified atom stereocenters. The summed E-state index contributed by atoms with van der Waals surface area (Å²) in [6.45, 7) is 0.593. The normalized spacial score (nSPS) is 10.2. The van der Waals surface area contributed by atoms with Crippen molar-refractivity contribution in [2.75, 3.05) is 11.9 Å². The third kappa shape index (κ3) is 3.55. The first kappa shape index (κ1) is 13.1. The highest BCUT2D eigenvalue weighted by atomic mass is 19.1. The lowest BCUT2D eigenvalue weighted by Gasteiger charge is -2.09. The molecule has 0 radical (unpaired) electrons. The summed E-state index contributed by atoms with van der Waals surface area (Å²) in [5, 5.41) is 12.1. The van der Waals surface area contributed by atoms with Gasteiger partial charge in [-0.2, -0.15) is 0 Å². The van der Waals surface area contributed by atoms with Crippen molar-refractivity contribution in [3.63, 3.8) is 0 Å². The predicted octanol–water partition coefficient (Wildman–Crippen LogP) is 3.18. The molecule has 0 spiro atoms. The third-order valence-corrected chi connectivity index (χ3v) is 2.80. The van der Waals surface area contributed by atoms with E-state index >= 15 is 0 Å². The number of benzene rings is 2. The number of hydrogen-bond donors (Lipinski definition) is 2. The molecule has 0 aliphatic heterocycles. The largest absolute Gasteiger partial charge is 0.478 e. The number of nitrogens with one attached hydrogen (secondary N) is 1. The van der Waals surface area contributed by atoms with E-state index in [1.54, 1.807) is 36.4 Å². The monoisotopic (exact) mass is 259 g/mol. The molecule has 0 aliphatic rings. The second-order valence-electron chi connectivity index (χ2n) is 4.15. The van der Waals surface area contributed by atoms with Crippen molar-refractivity contribution in [3.8, 4) is 0 Å². The molecule has 2 rings (SSSR count). The first-order valence-electron chi connectivity index (χ1n) is 5.97. The molecule has 0 bridgehead atoms. The Bertz CT molecular complexity index is 567. The molecule has 2 N–H and O–H groups in total. The first-order chi connectivity index (χ1) is 9.16. The molecule has 0 amide bonds. The fraction of sp³-hybridized carbons (Fsp3) is 0.133. The summed E-state index contributed by atoms with van der Waals surface area (Å²) in [6, 6.07) is 13.0. The van der Waals surface area contributed by atoms with Crippen molar-refractivity contribution in [2.24, 2.45) is 0 Å². The number of carboxylic acids is 1. The minimum absolute atomic E-state index is 0.251. The van der Waals surface area contributed by atoms with Gasteiger partial charge in [0.2, 0.25) is 0 Å². The predicted molar refractivity (Wildman–Crippen MR) is 72.0 cm³/mol. The molecule has 0 heterocycles. The quantitative estimate of drug-likeness (QED) is 0.867. The van der Waals surface area contributed by atoms with Crippen molar-refractivity contribution in [3.05, 3.63) is 65.5 Å². The molecule has 2 aromatic carbocycles. The number of anilines is 1. The van der Waals surface area contributed by atoms with Crippen LogP contribution in [0.25, 0.3) is 0 Å². The van der Waals surface area contributed by atoms with Crippen LogP contribution in [0.4, 0.5) is 10.1 Å². The second kappa shape index (κ2) is 6.00. The van der Waals surface area contributed by atoms with Gasteiger partial charge in [-0.25, -0.2) is 9.18 Å². The van der Waals surface area contributed by atoms with Gasteiger partial charge >= 0.3 is 5.97 Å². The molecule has 2 aromatic rings. The minimum atomic E-state index is -0.954. The topological polar surface area (TPSA) is 49.3 Å². The fourth-order valence-electron chi connectivity index (χ4n) is 1.82. The van der Waals surface area contributed by atoms with Crippen molar-refractivity contribution in [1.29, 1.82) is 0 Å². The highest BCUT2D eigenvalue weighted by Gasteiger charge is 2.07. The van der Waals surface area contributed by atoms with Gasteiger partial charge in [-0.15, -0.1) is 0 Å². The van der Waals surface area contributed by atoms with E-state index < -0.39 is 5.97 Å². The number of carboxylic acid groups (broad SMARTS) is 1. The fourth-order valence-corrected chi connectivity index (χ4v) is 1.82. The Morgan fingerprint density at radius 3 is 2.47 bits per heavy atom. The van der Waals surface area contributed by atoms with E-state index in [1.165, 1.54) is 12.1 Å². The molecule has 0 fully saturated rings. The molecule has 4 heteroatoms. The first-order valence-corrected chi connectivity index (χ1v) is 5.97. The van der Waals surface area contributed by atoms with E-state index in [0.717, 1.165) is 5.56 Å². The highest BCUT2D eigenvalue weighted by molar-refractivity contribution is 5.94. The molecule has 0 aliphatic carbocycles. The summed E-state index contributed by atoms with van der Waals surface area (Å²) in [7, 11) is 0. The van der Waals surface area contributed by atoms with Gasteiger partial charge < -0.3 is 10.4 Å². The van der Waals surface area contributed by atoms with Crippen molar-refractivity contribution in [2.45, 2.75) is 6.42 Å². The molecule has 0 saturated carbocycles. The zero-order chi connectivity index (χ0) is 13.7. The maximum Gasteiger partial charge on any atom is 0.337 e. The summed E-state index contributed by atoms with van der Waals surface area (Å²) < 4.78 is 12.7. The molecule has 3 nitrogen and oxygen atoms in total. The summed E-state index contributed by atoms with van der Waals surface area (Å²) >= 11 is 0. The van der Waals surface area contributed by atoms with Crippen LogP contribution >= 0.6 is 0 Å². The maximum atomic E-state index is 12.7. The maximum absolute atomic E-state index is 12.7. The molecular weight excluding hydrogens is 245 g/mol. The van der Waals surface area contributed by atoms with Gasteiger partial charge in [0, 0.05) is 12.2 Å². The van der Waals surface area contributed by atoms with Crippen LogP contribution in [0, 0.1) is 5.82 Å². The van der Waals surface area contributed by atoms with Crippen molar-refractivity contribution < 1.29 is 14.3 Å². The average molecular weight is 259 g/mol. The van der Waals surface area contributed by atoms with Gasteiger partial charge in [0.1, 0.15) is 5.82 Å². The highest BCUT2D eigenvalue weighted by Crippen LogP contribution is 2.15. The van der Waals surface area contributed by atoms with Crippen LogP contribution < -0.4 is 5.32 Å². The van der Waals surface area contributed by atoms with E-state index in [9.17, 15) is 9.18 Å². The van der Waals surface area contributed by atoms with E-state index in [-0.39, 0.29) is 11.4 Å². The molecule has 0 aromatic heterocycles.